The highest BCUT2D eigenvalue weighted by Gasteiger charge is 2.13. The van der Waals surface area contributed by atoms with Crippen LogP contribution in [0.3, 0.4) is 0 Å². The number of aliphatic hydroxyl groups excluding tert-OH is 2. The average molecular weight is 255 g/mol. The van der Waals surface area contributed by atoms with E-state index in [1.54, 1.807) is 0 Å². The molecule has 0 fully saturated rings. The summed E-state index contributed by atoms with van der Waals surface area (Å²) in [5, 5.41) is 22.7. The fraction of sp³-hybridized carbons (Fsp3) is 0.769. The highest BCUT2D eigenvalue weighted by atomic mass is 16.3. The average Bonchev–Trinajstić information content (AvgIpc) is 2.75. The van der Waals surface area contributed by atoms with Crippen molar-refractivity contribution in [2.45, 2.75) is 40.0 Å². The first kappa shape index (κ1) is 15.1. The normalized spacial score (nSPS) is 13.5. The minimum absolute atomic E-state index is 0.192. The Hall–Kier alpha value is -0.910. The molecule has 0 aliphatic carbocycles. The van der Waals surface area contributed by atoms with Gasteiger partial charge in [0.2, 0.25) is 0 Å². The van der Waals surface area contributed by atoms with Gasteiger partial charge in [0.1, 0.15) is 0 Å². The second kappa shape index (κ2) is 7.51. The van der Waals surface area contributed by atoms with Crippen LogP contribution in [0, 0.1) is 5.92 Å². The molecule has 1 atom stereocenters. The van der Waals surface area contributed by atoms with Crippen molar-refractivity contribution in [2.75, 3.05) is 19.7 Å². The van der Waals surface area contributed by atoms with E-state index in [2.05, 4.69) is 30.8 Å². The third-order valence-corrected chi connectivity index (χ3v) is 2.72. The second-order valence-corrected chi connectivity index (χ2v) is 5.13. The van der Waals surface area contributed by atoms with Crippen LogP contribution < -0.4 is 0 Å². The summed E-state index contributed by atoms with van der Waals surface area (Å²) in [5.74, 6) is 0.525. The Labute approximate surface area is 109 Å². The lowest BCUT2D eigenvalue weighted by Gasteiger charge is -2.25. The van der Waals surface area contributed by atoms with Crippen molar-refractivity contribution >= 4 is 0 Å². The van der Waals surface area contributed by atoms with Crippen molar-refractivity contribution in [2.24, 2.45) is 5.92 Å². The van der Waals surface area contributed by atoms with Gasteiger partial charge >= 0.3 is 0 Å². The lowest BCUT2D eigenvalue weighted by atomic mass is 10.2. The molecule has 0 bridgehead atoms. The molecular weight excluding hydrogens is 230 g/mol. The Morgan fingerprint density at radius 1 is 1.39 bits per heavy atom. The van der Waals surface area contributed by atoms with Crippen LogP contribution in [0.5, 0.6) is 0 Å². The van der Waals surface area contributed by atoms with Gasteiger partial charge in [-0.3, -0.25) is 9.58 Å². The van der Waals surface area contributed by atoms with Gasteiger partial charge in [0.05, 0.1) is 18.9 Å². The van der Waals surface area contributed by atoms with E-state index in [1.165, 1.54) is 0 Å². The van der Waals surface area contributed by atoms with Gasteiger partial charge in [-0.25, -0.2) is 0 Å². The first-order valence-electron chi connectivity index (χ1n) is 6.57. The molecule has 0 saturated heterocycles. The standard InChI is InChI=1S/C13H25N3O2/c1-4-16-8-12(5-14-16)7-15(6-11(2)3)9-13(18)10-17/h5,8,11,13,17-18H,4,6-7,9-10H2,1-3H3/t13-/m1/s1. The molecule has 1 rings (SSSR count). The van der Waals surface area contributed by atoms with E-state index in [4.69, 9.17) is 5.11 Å². The topological polar surface area (TPSA) is 61.5 Å². The van der Waals surface area contributed by atoms with Crippen LogP contribution in [0.25, 0.3) is 0 Å². The quantitative estimate of drug-likeness (QED) is 0.718. The van der Waals surface area contributed by atoms with Gasteiger partial charge in [-0.05, 0) is 12.8 Å². The predicted octanol–water partition coefficient (Wildman–Crippen LogP) is 0.714. The minimum Gasteiger partial charge on any atom is -0.394 e. The lowest BCUT2D eigenvalue weighted by molar-refractivity contribution is 0.0530. The summed E-state index contributed by atoms with van der Waals surface area (Å²) in [5.41, 5.74) is 1.14. The van der Waals surface area contributed by atoms with Crippen LogP contribution >= 0.6 is 0 Å². The highest BCUT2D eigenvalue weighted by molar-refractivity contribution is 5.03. The fourth-order valence-electron chi connectivity index (χ4n) is 1.99. The first-order valence-corrected chi connectivity index (χ1v) is 6.57. The van der Waals surface area contributed by atoms with Crippen LogP contribution in [0.15, 0.2) is 12.4 Å². The van der Waals surface area contributed by atoms with E-state index in [0.29, 0.717) is 12.5 Å². The number of hydrogen-bond acceptors (Lipinski definition) is 4. The third-order valence-electron chi connectivity index (χ3n) is 2.72. The van der Waals surface area contributed by atoms with Crippen molar-refractivity contribution in [3.63, 3.8) is 0 Å². The van der Waals surface area contributed by atoms with Crippen molar-refractivity contribution in [3.8, 4) is 0 Å². The van der Waals surface area contributed by atoms with Gasteiger partial charge in [0.25, 0.3) is 0 Å². The predicted molar refractivity (Wildman–Crippen MR) is 71.1 cm³/mol. The summed E-state index contributed by atoms with van der Waals surface area (Å²) in [7, 11) is 0. The minimum atomic E-state index is -0.676. The van der Waals surface area contributed by atoms with Crippen LogP contribution in [0.2, 0.25) is 0 Å². The molecule has 18 heavy (non-hydrogen) atoms. The zero-order valence-corrected chi connectivity index (χ0v) is 11.6. The van der Waals surface area contributed by atoms with Crippen molar-refractivity contribution < 1.29 is 10.2 Å². The molecule has 1 heterocycles. The second-order valence-electron chi connectivity index (χ2n) is 5.13. The van der Waals surface area contributed by atoms with Gasteiger partial charge < -0.3 is 10.2 Å². The van der Waals surface area contributed by atoms with Crippen molar-refractivity contribution in [1.29, 1.82) is 0 Å². The Morgan fingerprint density at radius 2 is 2.11 bits per heavy atom. The monoisotopic (exact) mass is 255 g/mol. The summed E-state index contributed by atoms with van der Waals surface area (Å²) in [6.07, 6.45) is 3.21. The van der Waals surface area contributed by atoms with Crippen molar-refractivity contribution in [3.05, 3.63) is 18.0 Å². The lowest BCUT2D eigenvalue weighted by Crippen LogP contribution is -2.36. The molecule has 0 saturated carbocycles. The Kier molecular flexibility index (Phi) is 6.32. The molecule has 5 nitrogen and oxygen atoms in total. The van der Waals surface area contributed by atoms with E-state index in [0.717, 1.165) is 25.2 Å². The molecular formula is C13H25N3O2. The maximum absolute atomic E-state index is 9.56. The maximum Gasteiger partial charge on any atom is 0.0897 e. The van der Waals surface area contributed by atoms with E-state index >= 15 is 0 Å². The number of aromatic nitrogens is 2. The fourth-order valence-corrected chi connectivity index (χ4v) is 1.99. The summed E-state index contributed by atoms with van der Waals surface area (Å²) in [4.78, 5) is 2.16. The molecule has 5 heteroatoms. The summed E-state index contributed by atoms with van der Waals surface area (Å²) >= 11 is 0. The van der Waals surface area contributed by atoms with E-state index in [9.17, 15) is 5.11 Å². The molecule has 104 valence electrons. The van der Waals surface area contributed by atoms with Gasteiger partial charge in [-0.1, -0.05) is 13.8 Å². The molecule has 0 unspecified atom stereocenters. The molecule has 0 radical (unpaired) electrons. The molecule has 1 aromatic rings. The molecule has 0 aliphatic heterocycles. The SMILES string of the molecule is CCn1cc(CN(CC(C)C)C[C@@H](O)CO)cn1. The van der Waals surface area contributed by atoms with Crippen LogP contribution in [0.4, 0.5) is 0 Å². The largest absolute Gasteiger partial charge is 0.394 e. The van der Waals surface area contributed by atoms with Crippen LogP contribution in [0.1, 0.15) is 26.3 Å². The van der Waals surface area contributed by atoms with Gasteiger partial charge in [0.15, 0.2) is 0 Å². The van der Waals surface area contributed by atoms with Crippen molar-refractivity contribution in [1.82, 2.24) is 14.7 Å². The van der Waals surface area contributed by atoms with Crippen LogP contribution in [-0.4, -0.2) is 50.7 Å². The summed E-state index contributed by atoms with van der Waals surface area (Å²) in [6.45, 7) is 9.17. The zero-order chi connectivity index (χ0) is 13.5. The molecule has 0 amide bonds. The summed E-state index contributed by atoms with van der Waals surface area (Å²) in [6, 6.07) is 0. The number of aliphatic hydroxyl groups is 2. The third kappa shape index (κ3) is 5.16. The Morgan fingerprint density at radius 3 is 2.61 bits per heavy atom. The Balaban J connectivity index is 2.59. The molecule has 0 aliphatic rings. The number of hydrogen-bond donors (Lipinski definition) is 2. The molecule has 2 N–H and O–H groups in total. The van der Waals surface area contributed by atoms with Gasteiger partial charge in [-0.15, -0.1) is 0 Å². The number of aryl methyl sites for hydroxylation is 1. The molecule has 1 aromatic heterocycles. The molecule has 0 aromatic carbocycles. The highest BCUT2D eigenvalue weighted by Crippen LogP contribution is 2.08. The van der Waals surface area contributed by atoms with E-state index in [-0.39, 0.29) is 6.61 Å². The Bertz CT molecular complexity index is 339. The van der Waals surface area contributed by atoms with E-state index in [1.807, 2.05) is 17.1 Å². The molecule has 0 spiro atoms. The smallest absolute Gasteiger partial charge is 0.0897 e. The maximum atomic E-state index is 9.56. The number of rotatable bonds is 8. The van der Waals surface area contributed by atoms with Gasteiger partial charge in [0, 0.05) is 37.9 Å². The number of nitrogens with zero attached hydrogens (tertiary/aromatic N) is 3. The van der Waals surface area contributed by atoms with E-state index < -0.39 is 6.10 Å². The van der Waals surface area contributed by atoms with Crippen LogP contribution in [-0.2, 0) is 13.1 Å². The first-order chi connectivity index (χ1) is 8.55. The summed E-state index contributed by atoms with van der Waals surface area (Å²) < 4.78 is 1.89. The zero-order valence-electron chi connectivity index (χ0n) is 11.6. The van der Waals surface area contributed by atoms with Gasteiger partial charge in [-0.2, -0.15) is 5.10 Å².